The summed E-state index contributed by atoms with van der Waals surface area (Å²) in [7, 11) is 2.02. The predicted octanol–water partition coefficient (Wildman–Crippen LogP) is 2.32. The van der Waals surface area contributed by atoms with Gasteiger partial charge in [-0.3, -0.25) is 0 Å². The number of hydrogen-bond donors (Lipinski definition) is 1. The number of nitrogens with zero attached hydrogens (tertiary/aromatic N) is 2. The normalized spacial score (nSPS) is 16.6. The highest BCUT2D eigenvalue weighted by Crippen LogP contribution is 2.35. The zero-order valence-electron chi connectivity index (χ0n) is 10.5. The molecule has 0 bridgehead atoms. The van der Waals surface area contributed by atoms with Gasteiger partial charge in [0.1, 0.15) is 5.82 Å². The van der Waals surface area contributed by atoms with Gasteiger partial charge in [0, 0.05) is 13.1 Å². The van der Waals surface area contributed by atoms with Crippen molar-refractivity contribution in [2.75, 3.05) is 11.9 Å². The Hall–Kier alpha value is -1.58. The first-order chi connectivity index (χ1) is 8.00. The first-order valence-electron chi connectivity index (χ1n) is 5.94. The molecule has 2 rings (SSSR count). The molecule has 1 aromatic rings. The molecule has 0 radical (unpaired) electrons. The van der Waals surface area contributed by atoms with E-state index in [4.69, 9.17) is 5.11 Å². The number of carboxylic acids is 1. The van der Waals surface area contributed by atoms with Gasteiger partial charge in [-0.15, -0.1) is 0 Å². The van der Waals surface area contributed by atoms with Crippen LogP contribution in [0.5, 0.6) is 0 Å². The average Bonchev–Trinajstić information content (AvgIpc) is 3.10. The fourth-order valence-corrected chi connectivity index (χ4v) is 2.07. The Labute approximate surface area is 101 Å². The summed E-state index contributed by atoms with van der Waals surface area (Å²) in [6.07, 6.45) is 2.58. The number of aromatic carboxylic acids is 1. The van der Waals surface area contributed by atoms with Gasteiger partial charge in [0.2, 0.25) is 0 Å². The second-order valence-electron chi connectivity index (χ2n) is 4.80. The van der Waals surface area contributed by atoms with Gasteiger partial charge in [-0.1, -0.05) is 0 Å². The van der Waals surface area contributed by atoms with E-state index in [1.54, 1.807) is 19.1 Å². The topological polar surface area (TPSA) is 53.4 Å². The van der Waals surface area contributed by atoms with Crippen molar-refractivity contribution in [1.29, 1.82) is 0 Å². The molecule has 0 amide bonds. The van der Waals surface area contributed by atoms with Gasteiger partial charge in [0.05, 0.1) is 11.3 Å². The molecule has 1 aliphatic carbocycles. The van der Waals surface area contributed by atoms with E-state index in [0.29, 0.717) is 11.7 Å². The Bertz CT molecular complexity index is 441. The fraction of sp³-hybridized carbons (Fsp3) is 0.538. The molecule has 92 valence electrons. The molecule has 1 heterocycles. The third-order valence-electron chi connectivity index (χ3n) is 3.58. The van der Waals surface area contributed by atoms with E-state index in [1.807, 2.05) is 7.05 Å². The molecule has 4 nitrogen and oxygen atoms in total. The molecule has 0 saturated heterocycles. The molecular formula is C13H18N2O2. The minimum Gasteiger partial charge on any atom is -0.478 e. The van der Waals surface area contributed by atoms with Crippen molar-refractivity contribution in [3.05, 3.63) is 23.4 Å². The molecule has 0 spiro atoms. The average molecular weight is 234 g/mol. The van der Waals surface area contributed by atoms with Gasteiger partial charge in [-0.25, -0.2) is 9.78 Å². The van der Waals surface area contributed by atoms with E-state index in [1.165, 1.54) is 12.8 Å². The van der Waals surface area contributed by atoms with E-state index >= 15 is 0 Å². The van der Waals surface area contributed by atoms with Gasteiger partial charge in [0.15, 0.2) is 0 Å². The lowest BCUT2D eigenvalue weighted by Crippen LogP contribution is -2.31. The summed E-state index contributed by atoms with van der Waals surface area (Å²) in [5.74, 6) is 0.701. The maximum absolute atomic E-state index is 10.9. The van der Waals surface area contributed by atoms with E-state index in [-0.39, 0.29) is 5.56 Å². The molecule has 1 aliphatic rings. The van der Waals surface area contributed by atoms with Crippen LogP contribution in [0, 0.1) is 12.8 Å². The van der Waals surface area contributed by atoms with Crippen LogP contribution in [-0.2, 0) is 0 Å². The number of aromatic nitrogens is 1. The molecular weight excluding hydrogens is 216 g/mol. The lowest BCUT2D eigenvalue weighted by molar-refractivity contribution is 0.0695. The third-order valence-corrected chi connectivity index (χ3v) is 3.58. The molecule has 17 heavy (non-hydrogen) atoms. The summed E-state index contributed by atoms with van der Waals surface area (Å²) in [5.41, 5.74) is 0.853. The number of rotatable bonds is 4. The second-order valence-corrected chi connectivity index (χ2v) is 4.80. The smallest absolute Gasteiger partial charge is 0.337 e. The number of anilines is 1. The highest BCUT2D eigenvalue weighted by atomic mass is 16.4. The molecule has 4 heteroatoms. The van der Waals surface area contributed by atoms with Crippen LogP contribution in [0.15, 0.2) is 12.1 Å². The number of aryl methyl sites for hydroxylation is 1. The van der Waals surface area contributed by atoms with Gasteiger partial charge in [0.25, 0.3) is 0 Å². The monoisotopic (exact) mass is 234 g/mol. The van der Waals surface area contributed by atoms with Crippen LogP contribution in [0.25, 0.3) is 0 Å². The standard InChI is InChI=1S/C13H18N2O2/c1-8-11(13(16)17)6-7-12(14-8)15(3)9(2)10-4-5-10/h6-7,9-10H,4-5H2,1-3H3,(H,16,17). The number of hydrogen-bond acceptors (Lipinski definition) is 3. The third kappa shape index (κ3) is 2.40. The molecule has 0 aliphatic heterocycles. The first-order valence-corrected chi connectivity index (χ1v) is 5.94. The van der Waals surface area contributed by atoms with Crippen LogP contribution in [0.4, 0.5) is 5.82 Å². The minimum absolute atomic E-state index is 0.279. The van der Waals surface area contributed by atoms with E-state index in [9.17, 15) is 4.79 Å². The van der Waals surface area contributed by atoms with Crippen LogP contribution >= 0.6 is 0 Å². The Balaban J connectivity index is 2.21. The van der Waals surface area contributed by atoms with Crippen molar-refractivity contribution in [3.63, 3.8) is 0 Å². The highest BCUT2D eigenvalue weighted by Gasteiger charge is 2.31. The Morgan fingerprint density at radius 1 is 1.53 bits per heavy atom. The van der Waals surface area contributed by atoms with E-state index < -0.39 is 5.97 Å². The maximum atomic E-state index is 10.9. The Kier molecular flexibility index (Phi) is 3.05. The van der Waals surface area contributed by atoms with Crippen LogP contribution in [0.1, 0.15) is 35.8 Å². The zero-order chi connectivity index (χ0) is 12.6. The fourth-order valence-electron chi connectivity index (χ4n) is 2.07. The molecule has 1 N–H and O–H groups in total. The second kappa shape index (κ2) is 4.35. The largest absolute Gasteiger partial charge is 0.478 e. The zero-order valence-corrected chi connectivity index (χ0v) is 10.5. The Morgan fingerprint density at radius 2 is 2.18 bits per heavy atom. The van der Waals surface area contributed by atoms with Crippen molar-refractivity contribution >= 4 is 11.8 Å². The first kappa shape index (κ1) is 11.9. The summed E-state index contributed by atoms with van der Waals surface area (Å²) >= 11 is 0. The van der Waals surface area contributed by atoms with Crippen molar-refractivity contribution < 1.29 is 9.90 Å². The number of carbonyl (C=O) groups is 1. The molecule has 1 unspecified atom stereocenters. The van der Waals surface area contributed by atoms with Gasteiger partial charge in [-0.05, 0) is 44.7 Å². The van der Waals surface area contributed by atoms with Crippen LogP contribution in [0.2, 0.25) is 0 Å². The molecule has 1 saturated carbocycles. The summed E-state index contributed by atoms with van der Waals surface area (Å²) < 4.78 is 0. The van der Waals surface area contributed by atoms with Gasteiger partial charge < -0.3 is 10.0 Å². The van der Waals surface area contributed by atoms with Crippen molar-refractivity contribution in [2.24, 2.45) is 5.92 Å². The van der Waals surface area contributed by atoms with Crippen molar-refractivity contribution in [3.8, 4) is 0 Å². The summed E-state index contributed by atoms with van der Waals surface area (Å²) in [6, 6.07) is 3.89. The Morgan fingerprint density at radius 3 is 2.65 bits per heavy atom. The maximum Gasteiger partial charge on any atom is 0.337 e. The van der Waals surface area contributed by atoms with Crippen molar-refractivity contribution in [2.45, 2.75) is 32.7 Å². The number of pyridine rings is 1. The summed E-state index contributed by atoms with van der Waals surface area (Å²) in [5, 5.41) is 8.95. The lowest BCUT2D eigenvalue weighted by Gasteiger charge is -2.26. The van der Waals surface area contributed by atoms with Crippen LogP contribution in [0.3, 0.4) is 0 Å². The van der Waals surface area contributed by atoms with Gasteiger partial charge in [-0.2, -0.15) is 0 Å². The molecule has 0 aromatic carbocycles. The highest BCUT2D eigenvalue weighted by molar-refractivity contribution is 5.89. The minimum atomic E-state index is -0.917. The lowest BCUT2D eigenvalue weighted by atomic mass is 10.1. The summed E-state index contributed by atoms with van der Waals surface area (Å²) in [6.45, 7) is 3.93. The molecule has 1 atom stereocenters. The summed E-state index contributed by atoms with van der Waals surface area (Å²) in [4.78, 5) is 17.4. The molecule has 1 aromatic heterocycles. The van der Waals surface area contributed by atoms with Crippen molar-refractivity contribution in [1.82, 2.24) is 4.98 Å². The van der Waals surface area contributed by atoms with Crippen LogP contribution in [-0.4, -0.2) is 29.1 Å². The SMILES string of the molecule is Cc1nc(N(C)C(C)C2CC2)ccc1C(=O)O. The molecule has 1 fully saturated rings. The predicted molar refractivity (Wildman–Crippen MR) is 66.5 cm³/mol. The number of carboxylic acid groups (broad SMARTS) is 1. The van der Waals surface area contributed by atoms with Crippen LogP contribution < -0.4 is 4.90 Å². The van der Waals surface area contributed by atoms with E-state index in [2.05, 4.69) is 16.8 Å². The quantitative estimate of drug-likeness (QED) is 0.868. The van der Waals surface area contributed by atoms with Gasteiger partial charge >= 0.3 is 5.97 Å². The van der Waals surface area contributed by atoms with E-state index in [0.717, 1.165) is 11.7 Å².